The third-order valence-corrected chi connectivity index (χ3v) is 5.00. The maximum absolute atomic E-state index is 5.61. The highest BCUT2D eigenvalue weighted by Gasteiger charge is 2.27. The lowest BCUT2D eigenvalue weighted by Crippen LogP contribution is -2.09. The summed E-state index contributed by atoms with van der Waals surface area (Å²) in [6.07, 6.45) is 1.80. The molecule has 5 rings (SSSR count). The molecule has 0 amide bonds. The van der Waals surface area contributed by atoms with E-state index in [1.54, 1.807) is 13.4 Å². The van der Waals surface area contributed by atoms with Crippen molar-refractivity contribution in [2.45, 2.75) is 27.0 Å². The van der Waals surface area contributed by atoms with Crippen molar-refractivity contribution in [2.75, 3.05) is 13.7 Å². The Morgan fingerprint density at radius 1 is 1.21 bits per heavy atom. The minimum Gasteiger partial charge on any atom is -0.497 e. The molecule has 0 spiro atoms. The van der Waals surface area contributed by atoms with Crippen LogP contribution in [0.1, 0.15) is 24.1 Å². The van der Waals surface area contributed by atoms with Crippen LogP contribution in [-0.4, -0.2) is 43.2 Å². The van der Waals surface area contributed by atoms with Gasteiger partial charge in [0.2, 0.25) is 0 Å². The van der Waals surface area contributed by atoms with E-state index in [-0.39, 0.29) is 0 Å². The van der Waals surface area contributed by atoms with Crippen molar-refractivity contribution in [3.05, 3.63) is 47.8 Å². The molecule has 3 aromatic heterocycles. The first-order valence-corrected chi connectivity index (χ1v) is 9.38. The van der Waals surface area contributed by atoms with Crippen LogP contribution < -0.4 is 4.74 Å². The number of aryl methyl sites for hydroxylation is 1. The van der Waals surface area contributed by atoms with Crippen LogP contribution in [-0.2, 0) is 17.9 Å². The second kappa shape index (κ2) is 6.85. The topological polar surface area (TPSA) is 93.0 Å². The molecule has 4 aromatic rings. The van der Waals surface area contributed by atoms with Crippen molar-refractivity contribution in [2.24, 2.45) is 0 Å². The third kappa shape index (κ3) is 2.82. The SMILES string of the molecule is CCOCc1nnc2n1Cc1c(-c3cc(C)no3)ncn1-c1ccc(OC)cc1-2. The Morgan fingerprint density at radius 3 is 2.86 bits per heavy atom. The lowest BCUT2D eigenvalue weighted by atomic mass is 10.1. The Morgan fingerprint density at radius 2 is 2.10 bits per heavy atom. The molecule has 0 fully saturated rings. The Kier molecular flexibility index (Phi) is 4.17. The molecule has 1 aromatic carbocycles. The maximum Gasteiger partial charge on any atom is 0.187 e. The van der Waals surface area contributed by atoms with Gasteiger partial charge in [0.15, 0.2) is 17.4 Å². The molecule has 29 heavy (non-hydrogen) atoms. The number of aromatic nitrogens is 6. The van der Waals surface area contributed by atoms with Crippen molar-refractivity contribution < 1.29 is 14.0 Å². The molecule has 0 N–H and O–H groups in total. The second-order valence-corrected chi connectivity index (χ2v) is 6.79. The van der Waals surface area contributed by atoms with Gasteiger partial charge in [-0.2, -0.15) is 0 Å². The monoisotopic (exact) mass is 392 g/mol. The molecule has 0 radical (unpaired) electrons. The fourth-order valence-electron chi connectivity index (χ4n) is 3.60. The molecule has 1 aliphatic heterocycles. The number of benzene rings is 1. The Balaban J connectivity index is 1.74. The van der Waals surface area contributed by atoms with E-state index >= 15 is 0 Å². The molecule has 0 saturated heterocycles. The zero-order valence-corrected chi connectivity index (χ0v) is 16.4. The molecule has 9 nitrogen and oxygen atoms in total. The van der Waals surface area contributed by atoms with Crippen LogP contribution in [0, 0.1) is 6.92 Å². The maximum atomic E-state index is 5.61. The lowest BCUT2D eigenvalue weighted by Gasteiger charge is -2.10. The molecule has 1 aliphatic rings. The average molecular weight is 392 g/mol. The number of fused-ring (bicyclic) bond motifs is 5. The fourth-order valence-corrected chi connectivity index (χ4v) is 3.60. The molecular formula is C20H20N6O3. The summed E-state index contributed by atoms with van der Waals surface area (Å²) < 4.78 is 20.7. The van der Waals surface area contributed by atoms with E-state index < -0.39 is 0 Å². The van der Waals surface area contributed by atoms with Gasteiger partial charge in [-0.05, 0) is 32.0 Å². The minimum absolute atomic E-state index is 0.383. The number of rotatable bonds is 5. The van der Waals surface area contributed by atoms with Crippen molar-refractivity contribution in [1.82, 2.24) is 29.5 Å². The Hall–Kier alpha value is -3.46. The first-order chi connectivity index (χ1) is 14.2. The summed E-state index contributed by atoms with van der Waals surface area (Å²) in [4.78, 5) is 4.63. The van der Waals surface area contributed by atoms with Crippen molar-refractivity contribution in [3.63, 3.8) is 0 Å². The van der Waals surface area contributed by atoms with Gasteiger partial charge >= 0.3 is 0 Å². The molecule has 0 atom stereocenters. The first-order valence-electron chi connectivity index (χ1n) is 9.38. The highest BCUT2D eigenvalue weighted by atomic mass is 16.5. The molecule has 4 heterocycles. The predicted octanol–water partition coefficient (Wildman–Crippen LogP) is 3.00. The van der Waals surface area contributed by atoms with Gasteiger partial charge in [0.1, 0.15) is 24.4 Å². The van der Waals surface area contributed by atoms with Crippen molar-refractivity contribution in [3.8, 4) is 34.3 Å². The lowest BCUT2D eigenvalue weighted by molar-refractivity contribution is 0.125. The van der Waals surface area contributed by atoms with Crippen LogP contribution in [0.25, 0.3) is 28.5 Å². The van der Waals surface area contributed by atoms with Crippen LogP contribution in [0.2, 0.25) is 0 Å². The summed E-state index contributed by atoms with van der Waals surface area (Å²) >= 11 is 0. The molecule has 0 saturated carbocycles. The van der Waals surface area contributed by atoms with Crippen molar-refractivity contribution in [1.29, 1.82) is 0 Å². The first kappa shape index (κ1) is 17.6. The smallest absolute Gasteiger partial charge is 0.187 e. The van der Waals surface area contributed by atoms with Crippen LogP contribution in [0.5, 0.6) is 5.75 Å². The molecule has 0 bridgehead atoms. The van der Waals surface area contributed by atoms with Crippen LogP contribution >= 0.6 is 0 Å². The number of hydrogen-bond donors (Lipinski definition) is 0. The van der Waals surface area contributed by atoms with Gasteiger partial charge in [-0.1, -0.05) is 5.16 Å². The summed E-state index contributed by atoms with van der Waals surface area (Å²) in [5.74, 6) is 2.90. The van der Waals surface area contributed by atoms with Gasteiger partial charge in [-0.3, -0.25) is 4.57 Å². The van der Waals surface area contributed by atoms with Gasteiger partial charge < -0.3 is 18.6 Å². The highest BCUT2D eigenvalue weighted by Crippen LogP contribution is 2.36. The summed E-state index contributed by atoms with van der Waals surface area (Å²) in [7, 11) is 1.65. The van der Waals surface area contributed by atoms with Crippen molar-refractivity contribution >= 4 is 0 Å². The summed E-state index contributed by atoms with van der Waals surface area (Å²) in [6.45, 7) is 5.36. The average Bonchev–Trinajstić information content (AvgIpc) is 3.43. The predicted molar refractivity (Wildman–Crippen MR) is 104 cm³/mol. The number of imidazole rings is 1. The van der Waals surface area contributed by atoms with Crippen LogP contribution in [0.15, 0.2) is 35.1 Å². The van der Waals surface area contributed by atoms with E-state index in [2.05, 4.69) is 29.5 Å². The largest absolute Gasteiger partial charge is 0.497 e. The Bertz CT molecular complexity index is 1190. The zero-order valence-electron chi connectivity index (χ0n) is 16.4. The Labute approximate surface area is 166 Å². The van der Waals surface area contributed by atoms with E-state index in [9.17, 15) is 0 Å². The van der Waals surface area contributed by atoms with E-state index in [1.807, 2.05) is 38.1 Å². The number of nitrogens with zero attached hydrogens (tertiary/aromatic N) is 6. The van der Waals surface area contributed by atoms with Crippen LogP contribution in [0.3, 0.4) is 0 Å². The quantitative estimate of drug-likeness (QED) is 0.454. The van der Waals surface area contributed by atoms with Gasteiger partial charge in [-0.25, -0.2) is 4.98 Å². The molecule has 148 valence electrons. The molecule has 0 unspecified atom stereocenters. The number of ether oxygens (including phenoxy) is 2. The third-order valence-electron chi connectivity index (χ3n) is 5.00. The zero-order chi connectivity index (χ0) is 20.0. The van der Waals surface area contributed by atoms with E-state index in [0.29, 0.717) is 25.5 Å². The van der Waals surface area contributed by atoms with Crippen LogP contribution in [0.4, 0.5) is 0 Å². The molecular weight excluding hydrogens is 372 g/mol. The van der Waals surface area contributed by atoms with Gasteiger partial charge in [0.05, 0.1) is 30.7 Å². The second-order valence-electron chi connectivity index (χ2n) is 6.79. The summed E-state index contributed by atoms with van der Waals surface area (Å²) in [5, 5.41) is 12.9. The van der Waals surface area contributed by atoms with Gasteiger partial charge in [-0.15, -0.1) is 10.2 Å². The summed E-state index contributed by atoms with van der Waals surface area (Å²) in [5.41, 5.74) is 4.38. The standard InChI is InChI=1S/C20H20N6O3/c1-4-28-10-18-22-23-20-14-8-13(27-3)5-6-15(14)26-11-21-19(16(26)9-25(18)20)17-7-12(2)24-29-17/h5-8,11H,4,9-10H2,1-3H3. The van der Waals surface area contributed by atoms with E-state index in [4.69, 9.17) is 14.0 Å². The minimum atomic E-state index is 0.383. The van der Waals surface area contributed by atoms with E-state index in [0.717, 1.165) is 45.7 Å². The number of hydrogen-bond acceptors (Lipinski definition) is 7. The highest BCUT2D eigenvalue weighted by molar-refractivity contribution is 5.73. The molecule has 0 aliphatic carbocycles. The van der Waals surface area contributed by atoms with E-state index in [1.165, 1.54) is 0 Å². The molecule has 9 heteroatoms. The normalized spacial score (nSPS) is 12.2. The van der Waals surface area contributed by atoms with Gasteiger partial charge in [0.25, 0.3) is 0 Å². The fraction of sp³-hybridized carbons (Fsp3) is 0.300. The number of methoxy groups -OCH3 is 1. The van der Waals surface area contributed by atoms with Gasteiger partial charge in [0, 0.05) is 18.2 Å². The summed E-state index contributed by atoms with van der Waals surface area (Å²) in [6, 6.07) is 7.78.